The second kappa shape index (κ2) is 8.04. The van der Waals surface area contributed by atoms with E-state index < -0.39 is 71.4 Å². The highest BCUT2D eigenvalue weighted by molar-refractivity contribution is 6.34. The van der Waals surface area contributed by atoms with Crippen molar-refractivity contribution in [1.82, 2.24) is 24.6 Å². The van der Waals surface area contributed by atoms with Crippen LogP contribution in [0.15, 0.2) is 0 Å². The van der Waals surface area contributed by atoms with Gasteiger partial charge >= 0.3 is 23.3 Å². The lowest BCUT2D eigenvalue weighted by molar-refractivity contribution is -0.671. The highest BCUT2D eigenvalue weighted by Crippen LogP contribution is 2.34. The minimum absolute atomic E-state index is 0.0279. The van der Waals surface area contributed by atoms with Crippen molar-refractivity contribution in [2.45, 2.75) is 13.3 Å². The summed E-state index contributed by atoms with van der Waals surface area (Å²) in [6.45, 7) is -2.36. The van der Waals surface area contributed by atoms with Crippen LogP contribution in [0.4, 0.5) is 23.3 Å². The molecule has 2 rings (SSSR count). The van der Waals surface area contributed by atoms with Crippen molar-refractivity contribution in [3.8, 4) is 0 Å². The summed E-state index contributed by atoms with van der Waals surface area (Å²) in [7, 11) is 0. The van der Waals surface area contributed by atoms with E-state index in [4.69, 9.17) is 23.2 Å². The molecule has 0 saturated heterocycles. The fourth-order valence-electron chi connectivity index (χ4n) is 2.07. The summed E-state index contributed by atoms with van der Waals surface area (Å²) in [6.07, 6.45) is 0. The molecule has 2 heterocycles. The molecule has 0 atom stereocenters. The number of aromatic nitrogens is 4. The number of halogens is 2. The van der Waals surface area contributed by atoms with E-state index in [0.717, 1.165) is 0 Å². The molecule has 0 aromatic carbocycles. The second-order valence-corrected chi connectivity index (χ2v) is 5.73. The minimum atomic E-state index is -1.21. The third-order valence-electron chi connectivity index (χ3n) is 3.22. The maximum absolute atomic E-state index is 11.3. The van der Waals surface area contributed by atoms with E-state index in [-0.39, 0.29) is 14.4 Å². The molecular formula is C8H4Cl2N10O10. The van der Waals surface area contributed by atoms with Gasteiger partial charge in [-0.3, -0.25) is 0 Å². The summed E-state index contributed by atoms with van der Waals surface area (Å²) >= 11 is 11.0. The van der Waals surface area contributed by atoms with Crippen LogP contribution >= 0.6 is 23.2 Å². The Bertz CT molecular complexity index is 1010. The monoisotopic (exact) mass is 470 g/mol. The second-order valence-electron chi connectivity index (χ2n) is 4.98. The summed E-state index contributed by atoms with van der Waals surface area (Å²) in [5.41, 5.74) is 0. The fourth-order valence-corrected chi connectivity index (χ4v) is 2.62. The number of hydrogen-bond donors (Lipinski definition) is 0. The number of hydrazine groups is 1. The first-order valence-corrected chi connectivity index (χ1v) is 7.61. The molecule has 160 valence electrons. The summed E-state index contributed by atoms with van der Waals surface area (Å²) in [5, 5.41) is 58.4. The quantitative estimate of drug-likeness (QED) is 0.367. The fraction of sp³-hybridized carbons (Fsp3) is 0.250. The van der Waals surface area contributed by atoms with Crippen molar-refractivity contribution in [1.29, 1.82) is 0 Å². The molecule has 2 aromatic heterocycles. The van der Waals surface area contributed by atoms with Gasteiger partial charge in [-0.05, 0) is 34.1 Å². The number of nitrogens with zero attached hydrogens (tertiary/aromatic N) is 10. The van der Waals surface area contributed by atoms with Gasteiger partial charge in [0.05, 0.1) is 0 Å². The van der Waals surface area contributed by atoms with E-state index in [1.807, 2.05) is 0 Å². The van der Waals surface area contributed by atoms with Crippen LogP contribution in [0.3, 0.4) is 0 Å². The largest absolute Gasteiger partial charge is 0.439 e. The Balaban J connectivity index is 2.51. The topological polar surface area (TPSA) is 255 Å². The van der Waals surface area contributed by atoms with Crippen molar-refractivity contribution in [2.75, 3.05) is 0 Å². The van der Waals surface area contributed by atoms with Crippen LogP contribution in [0.1, 0.15) is 0 Å². The molecular weight excluding hydrogens is 467 g/mol. The molecule has 0 unspecified atom stereocenters. The maximum atomic E-state index is 11.3. The van der Waals surface area contributed by atoms with Gasteiger partial charge in [0.15, 0.2) is 15.2 Å². The van der Waals surface area contributed by atoms with Crippen LogP contribution < -0.4 is 0 Å². The number of hydrogen-bond acceptors (Lipinski definition) is 12. The van der Waals surface area contributed by atoms with Crippen LogP contribution in [-0.2, 0) is 13.3 Å². The molecule has 0 fully saturated rings. The summed E-state index contributed by atoms with van der Waals surface area (Å²) in [6, 6.07) is 0. The van der Waals surface area contributed by atoms with Crippen molar-refractivity contribution in [3.05, 3.63) is 60.6 Å². The van der Waals surface area contributed by atoms with Gasteiger partial charge in [0.25, 0.3) is 13.3 Å². The Kier molecular flexibility index (Phi) is 5.92. The molecule has 22 heteroatoms. The van der Waals surface area contributed by atoms with Gasteiger partial charge in [-0.25, -0.2) is 10.1 Å². The highest BCUT2D eigenvalue weighted by atomic mass is 35.5. The standard InChI is InChI=1S/C8H4Cl2N10O10/c9-3-5(16(21)22)11-14(7(3)18(25)26)1-13(20(29)30)2-15-8(19(27)28)4(10)6(12-15)17(23)24/h1-2H2. The van der Waals surface area contributed by atoms with Gasteiger partial charge in [0.1, 0.15) is 0 Å². The normalized spacial score (nSPS) is 10.6. The lowest BCUT2D eigenvalue weighted by Gasteiger charge is -2.07. The third-order valence-corrected chi connectivity index (χ3v) is 3.90. The average molecular weight is 471 g/mol. The molecule has 0 spiro atoms. The average Bonchev–Trinajstić information content (AvgIpc) is 3.11. The first-order chi connectivity index (χ1) is 13.9. The lowest BCUT2D eigenvalue weighted by Crippen LogP contribution is -2.35. The summed E-state index contributed by atoms with van der Waals surface area (Å²) in [5.74, 6) is -4.69. The maximum Gasteiger partial charge on any atom is 0.439 e. The van der Waals surface area contributed by atoms with E-state index in [1.54, 1.807) is 0 Å². The molecule has 2 aromatic rings. The van der Waals surface area contributed by atoms with Gasteiger partial charge in [0.2, 0.25) is 10.0 Å². The summed E-state index contributed by atoms with van der Waals surface area (Å²) in [4.78, 5) is 50.5. The Labute approximate surface area is 170 Å². The molecule has 0 saturated carbocycles. The Morgan fingerprint density at radius 3 is 1.27 bits per heavy atom. The number of nitro groups is 5. The van der Waals surface area contributed by atoms with Crippen molar-refractivity contribution in [3.63, 3.8) is 0 Å². The third kappa shape index (κ3) is 3.97. The first kappa shape index (κ1) is 22.1. The van der Waals surface area contributed by atoms with E-state index in [1.165, 1.54) is 0 Å². The van der Waals surface area contributed by atoms with Crippen LogP contribution in [0.5, 0.6) is 0 Å². The lowest BCUT2D eigenvalue weighted by atomic mass is 10.6. The molecule has 0 bridgehead atoms. The van der Waals surface area contributed by atoms with Crippen LogP contribution in [0, 0.1) is 50.6 Å². The Hall–Kier alpha value is -4.20. The van der Waals surface area contributed by atoms with E-state index in [2.05, 4.69) is 10.2 Å². The molecule has 0 amide bonds. The Morgan fingerprint density at radius 2 is 1.03 bits per heavy atom. The van der Waals surface area contributed by atoms with Crippen molar-refractivity contribution < 1.29 is 24.7 Å². The SMILES string of the molecule is O=[N+]([O-])c1nn(CN(Cn2nc([N+](=O)[O-])c(Cl)c2[N+](=O)[O-])[N+](=O)[O-])c([N+](=O)[O-])c1Cl. The minimum Gasteiger partial charge on any atom is -0.358 e. The zero-order valence-corrected chi connectivity index (χ0v) is 15.2. The van der Waals surface area contributed by atoms with Gasteiger partial charge in [-0.1, -0.05) is 23.2 Å². The molecule has 20 nitrogen and oxygen atoms in total. The molecule has 0 radical (unpaired) electrons. The summed E-state index contributed by atoms with van der Waals surface area (Å²) < 4.78 is 0.378. The zero-order chi connectivity index (χ0) is 22.9. The highest BCUT2D eigenvalue weighted by Gasteiger charge is 2.42. The molecule has 0 aliphatic rings. The first-order valence-electron chi connectivity index (χ1n) is 6.86. The zero-order valence-electron chi connectivity index (χ0n) is 13.7. The molecule has 30 heavy (non-hydrogen) atoms. The molecule has 0 aliphatic carbocycles. The van der Waals surface area contributed by atoms with Crippen molar-refractivity contribution >= 4 is 46.5 Å². The number of rotatable bonds is 9. The van der Waals surface area contributed by atoms with Crippen LogP contribution in [0.25, 0.3) is 0 Å². The van der Waals surface area contributed by atoms with Crippen LogP contribution in [0.2, 0.25) is 10.0 Å². The predicted octanol–water partition coefficient (Wildman–Crippen LogP) is 1.13. The molecule has 0 aliphatic heterocycles. The predicted molar refractivity (Wildman–Crippen MR) is 89.9 cm³/mol. The smallest absolute Gasteiger partial charge is 0.358 e. The van der Waals surface area contributed by atoms with Crippen LogP contribution in [-0.4, -0.2) is 49.3 Å². The van der Waals surface area contributed by atoms with Gasteiger partial charge in [0, 0.05) is 0 Å². The van der Waals surface area contributed by atoms with Gasteiger partial charge < -0.3 is 40.5 Å². The van der Waals surface area contributed by atoms with E-state index in [0.29, 0.717) is 0 Å². The Morgan fingerprint density at radius 1 is 0.700 bits per heavy atom. The van der Waals surface area contributed by atoms with E-state index >= 15 is 0 Å². The van der Waals surface area contributed by atoms with Gasteiger partial charge in [-0.15, -0.1) is 0 Å². The van der Waals surface area contributed by atoms with E-state index in [9.17, 15) is 50.6 Å². The van der Waals surface area contributed by atoms with Crippen molar-refractivity contribution in [2.24, 2.45) is 0 Å². The molecule has 0 N–H and O–H groups in total. The van der Waals surface area contributed by atoms with Gasteiger partial charge in [-0.2, -0.15) is 0 Å².